The van der Waals surface area contributed by atoms with Crippen molar-refractivity contribution >= 4 is 27.6 Å². The van der Waals surface area contributed by atoms with Crippen molar-refractivity contribution in [2.45, 2.75) is 26.3 Å². The zero-order valence-electron chi connectivity index (χ0n) is 13.3. The summed E-state index contributed by atoms with van der Waals surface area (Å²) < 4.78 is 6.40. The predicted molar refractivity (Wildman–Crippen MR) is 90.3 cm³/mol. The van der Waals surface area contributed by atoms with Crippen molar-refractivity contribution in [3.63, 3.8) is 0 Å². The highest BCUT2D eigenvalue weighted by atomic mass is 32.1. The molecule has 0 aliphatic carbocycles. The first-order chi connectivity index (χ1) is 10.6. The molecule has 1 unspecified atom stereocenters. The van der Waals surface area contributed by atoms with Crippen molar-refractivity contribution in [2.24, 2.45) is 0 Å². The molecule has 6 heteroatoms. The lowest BCUT2D eigenvalue weighted by atomic mass is 10.3. The number of thiazole rings is 1. The molecule has 2 aromatic rings. The van der Waals surface area contributed by atoms with Crippen molar-refractivity contribution in [2.75, 3.05) is 26.8 Å². The van der Waals surface area contributed by atoms with Crippen molar-refractivity contribution in [3.05, 3.63) is 29.3 Å². The van der Waals surface area contributed by atoms with Gasteiger partial charge in [-0.1, -0.05) is 12.1 Å². The lowest BCUT2D eigenvalue weighted by Gasteiger charge is -2.23. The van der Waals surface area contributed by atoms with Gasteiger partial charge in [0, 0.05) is 26.8 Å². The van der Waals surface area contributed by atoms with Crippen LogP contribution in [0.4, 0.5) is 4.79 Å². The minimum Gasteiger partial charge on any atom is -0.382 e. The zero-order chi connectivity index (χ0) is 15.9. The molecule has 0 radical (unpaired) electrons. The number of ether oxygens (including phenoxy) is 1. The van der Waals surface area contributed by atoms with Gasteiger partial charge in [-0.25, -0.2) is 9.78 Å². The van der Waals surface area contributed by atoms with Crippen LogP contribution < -0.4 is 5.32 Å². The van der Waals surface area contributed by atoms with E-state index in [4.69, 9.17) is 4.74 Å². The minimum atomic E-state index is -0.0803. The van der Waals surface area contributed by atoms with Gasteiger partial charge < -0.3 is 15.0 Å². The number of para-hydroxylation sites is 1. The van der Waals surface area contributed by atoms with Crippen LogP contribution in [0.2, 0.25) is 0 Å². The molecule has 0 aliphatic rings. The van der Waals surface area contributed by atoms with Gasteiger partial charge in [-0.3, -0.25) is 0 Å². The van der Waals surface area contributed by atoms with Crippen LogP contribution in [-0.4, -0.2) is 42.7 Å². The first-order valence-corrected chi connectivity index (χ1v) is 8.39. The van der Waals surface area contributed by atoms with Gasteiger partial charge in [-0.05, 0) is 32.4 Å². The Labute approximate surface area is 135 Å². The maximum absolute atomic E-state index is 12.2. The molecule has 0 saturated carbocycles. The normalized spacial score (nSPS) is 12.3. The molecule has 0 saturated heterocycles. The highest BCUT2D eigenvalue weighted by Gasteiger charge is 2.20. The second-order valence-electron chi connectivity index (χ2n) is 5.09. The summed E-state index contributed by atoms with van der Waals surface area (Å²) in [5.41, 5.74) is 0.986. The van der Waals surface area contributed by atoms with Crippen LogP contribution >= 0.6 is 11.3 Å². The topological polar surface area (TPSA) is 54.5 Å². The van der Waals surface area contributed by atoms with Crippen molar-refractivity contribution < 1.29 is 9.53 Å². The molecule has 1 N–H and O–H groups in total. The Hall–Kier alpha value is -1.66. The van der Waals surface area contributed by atoms with E-state index in [1.807, 2.05) is 32.0 Å². The Balaban J connectivity index is 1.90. The molecular formula is C16H23N3O2S. The fourth-order valence-electron chi connectivity index (χ4n) is 2.05. The lowest BCUT2D eigenvalue weighted by Crippen LogP contribution is -2.39. The maximum atomic E-state index is 12.2. The molecule has 0 spiro atoms. The van der Waals surface area contributed by atoms with E-state index in [0.717, 1.165) is 21.6 Å². The minimum absolute atomic E-state index is 0.0516. The number of aromatic nitrogens is 1. The second-order valence-corrected chi connectivity index (χ2v) is 6.15. The van der Waals surface area contributed by atoms with Gasteiger partial charge >= 0.3 is 6.03 Å². The van der Waals surface area contributed by atoms with Gasteiger partial charge in [0.2, 0.25) is 0 Å². The van der Waals surface area contributed by atoms with E-state index in [9.17, 15) is 4.79 Å². The molecule has 22 heavy (non-hydrogen) atoms. The third-order valence-electron chi connectivity index (χ3n) is 3.51. The summed E-state index contributed by atoms with van der Waals surface area (Å²) in [4.78, 5) is 18.5. The van der Waals surface area contributed by atoms with Gasteiger partial charge in [0.15, 0.2) is 0 Å². The molecule has 1 aromatic carbocycles. The number of hydrogen-bond acceptors (Lipinski definition) is 4. The summed E-state index contributed by atoms with van der Waals surface area (Å²) in [5.74, 6) is 0. The molecular weight excluding hydrogens is 298 g/mol. The number of carbonyl (C=O) groups is 1. The van der Waals surface area contributed by atoms with Crippen molar-refractivity contribution in [3.8, 4) is 0 Å². The molecule has 1 atom stereocenters. The number of fused-ring (bicyclic) bond motifs is 1. The summed E-state index contributed by atoms with van der Waals surface area (Å²) in [6.07, 6.45) is 0.822. The van der Waals surface area contributed by atoms with Crippen LogP contribution in [0.3, 0.4) is 0 Å². The Bertz CT molecular complexity index is 581. The first kappa shape index (κ1) is 16.7. The number of rotatable bonds is 7. The number of benzene rings is 1. The van der Waals surface area contributed by atoms with Crippen molar-refractivity contribution in [1.82, 2.24) is 15.2 Å². The molecule has 2 amide bonds. The summed E-state index contributed by atoms with van der Waals surface area (Å²) in [6.45, 7) is 5.97. The Morgan fingerprint density at radius 3 is 2.95 bits per heavy atom. The van der Waals surface area contributed by atoms with Gasteiger partial charge in [0.1, 0.15) is 5.01 Å². The number of nitrogens with one attached hydrogen (secondary N) is 1. The van der Waals surface area contributed by atoms with E-state index in [0.29, 0.717) is 19.8 Å². The van der Waals surface area contributed by atoms with Crippen LogP contribution in [0.5, 0.6) is 0 Å². The smallest absolute Gasteiger partial charge is 0.317 e. The van der Waals surface area contributed by atoms with E-state index in [1.165, 1.54) is 0 Å². The SMILES string of the molecule is CCOCCCNC(=O)N(C)C(C)c1nc2ccccc2s1. The summed E-state index contributed by atoms with van der Waals surface area (Å²) in [6, 6.07) is 7.90. The fourth-order valence-corrected chi connectivity index (χ4v) is 3.11. The fraction of sp³-hybridized carbons (Fsp3) is 0.500. The second kappa shape index (κ2) is 8.10. The number of amides is 2. The lowest BCUT2D eigenvalue weighted by molar-refractivity contribution is 0.143. The van der Waals surface area contributed by atoms with Gasteiger partial charge in [0.05, 0.1) is 16.3 Å². The Kier molecular flexibility index (Phi) is 6.15. The highest BCUT2D eigenvalue weighted by Crippen LogP contribution is 2.28. The first-order valence-electron chi connectivity index (χ1n) is 7.57. The number of carbonyl (C=O) groups excluding carboxylic acids is 1. The Morgan fingerprint density at radius 2 is 2.23 bits per heavy atom. The summed E-state index contributed by atoms with van der Waals surface area (Å²) in [5, 5.41) is 3.86. The third kappa shape index (κ3) is 4.18. The number of hydrogen-bond donors (Lipinski definition) is 1. The van der Waals surface area contributed by atoms with Gasteiger partial charge in [-0.15, -0.1) is 11.3 Å². The third-order valence-corrected chi connectivity index (χ3v) is 4.72. The average molecular weight is 321 g/mol. The maximum Gasteiger partial charge on any atom is 0.317 e. The standard InChI is InChI=1S/C16H23N3O2S/c1-4-21-11-7-10-17-16(20)19(3)12(2)15-18-13-8-5-6-9-14(13)22-15/h5-6,8-9,12H,4,7,10-11H2,1-3H3,(H,17,20). The highest BCUT2D eigenvalue weighted by molar-refractivity contribution is 7.18. The van der Waals surface area contributed by atoms with Gasteiger partial charge in [0.25, 0.3) is 0 Å². The molecule has 1 aromatic heterocycles. The van der Waals surface area contributed by atoms with Crippen molar-refractivity contribution in [1.29, 1.82) is 0 Å². The van der Waals surface area contributed by atoms with Crippen LogP contribution in [0, 0.1) is 0 Å². The van der Waals surface area contributed by atoms with E-state index in [-0.39, 0.29) is 12.1 Å². The molecule has 0 aliphatic heterocycles. The van der Waals surface area contributed by atoms with Crippen LogP contribution in [-0.2, 0) is 4.74 Å². The summed E-state index contributed by atoms with van der Waals surface area (Å²) in [7, 11) is 1.80. The molecule has 2 rings (SSSR count). The average Bonchev–Trinajstić information content (AvgIpc) is 2.97. The molecule has 5 nitrogen and oxygen atoms in total. The van der Waals surface area contributed by atoms with Crippen LogP contribution in [0.1, 0.15) is 31.3 Å². The van der Waals surface area contributed by atoms with E-state index < -0.39 is 0 Å². The zero-order valence-corrected chi connectivity index (χ0v) is 14.2. The number of urea groups is 1. The summed E-state index contributed by atoms with van der Waals surface area (Å²) >= 11 is 1.63. The van der Waals surface area contributed by atoms with Crippen LogP contribution in [0.25, 0.3) is 10.2 Å². The molecule has 1 heterocycles. The van der Waals surface area contributed by atoms with Crippen LogP contribution in [0.15, 0.2) is 24.3 Å². The van der Waals surface area contributed by atoms with E-state index in [2.05, 4.69) is 16.4 Å². The van der Waals surface area contributed by atoms with E-state index in [1.54, 1.807) is 23.3 Å². The van der Waals surface area contributed by atoms with Gasteiger partial charge in [-0.2, -0.15) is 0 Å². The predicted octanol–water partition coefficient (Wildman–Crippen LogP) is 3.43. The molecule has 0 bridgehead atoms. The largest absolute Gasteiger partial charge is 0.382 e. The quantitative estimate of drug-likeness (QED) is 0.795. The number of nitrogens with zero attached hydrogens (tertiary/aromatic N) is 2. The molecule has 120 valence electrons. The molecule has 0 fully saturated rings. The monoisotopic (exact) mass is 321 g/mol. The van der Waals surface area contributed by atoms with E-state index >= 15 is 0 Å². The Morgan fingerprint density at radius 1 is 1.45 bits per heavy atom.